The number of anilines is 1. The fraction of sp³-hybridized carbons (Fsp3) is 0.167. The highest BCUT2D eigenvalue weighted by Gasteiger charge is 2.19. The Morgan fingerprint density at radius 2 is 1.96 bits per heavy atom. The zero-order valence-electron chi connectivity index (χ0n) is 14.3. The number of carbonyl (C=O) groups is 1. The van der Waals surface area contributed by atoms with E-state index in [4.69, 9.17) is 11.6 Å². The second-order valence-electron chi connectivity index (χ2n) is 5.56. The second kappa shape index (κ2) is 7.80. The molecule has 134 valence electrons. The van der Waals surface area contributed by atoms with Crippen LogP contribution in [0.2, 0.25) is 5.02 Å². The minimum atomic E-state index is -1.06. The Bertz CT molecular complexity index is 970. The van der Waals surface area contributed by atoms with E-state index in [9.17, 15) is 9.00 Å². The van der Waals surface area contributed by atoms with Crippen molar-refractivity contribution in [1.29, 1.82) is 0 Å². The van der Waals surface area contributed by atoms with Crippen LogP contribution in [0.5, 0.6) is 0 Å². The Balaban J connectivity index is 1.87. The third kappa shape index (κ3) is 3.84. The Morgan fingerprint density at radius 3 is 2.58 bits per heavy atom. The maximum absolute atomic E-state index is 12.6. The molecule has 0 aliphatic heterocycles. The van der Waals surface area contributed by atoms with Crippen molar-refractivity contribution in [3.8, 4) is 5.69 Å². The molecule has 0 saturated heterocycles. The number of hydrogen-bond donors (Lipinski definition) is 1. The van der Waals surface area contributed by atoms with Crippen molar-refractivity contribution in [2.45, 2.75) is 18.2 Å². The zero-order valence-corrected chi connectivity index (χ0v) is 15.8. The summed E-state index contributed by atoms with van der Waals surface area (Å²) in [6.07, 6.45) is 2.19. The van der Waals surface area contributed by atoms with Crippen LogP contribution in [0.3, 0.4) is 0 Å². The Kier molecular flexibility index (Phi) is 5.49. The predicted octanol–water partition coefficient (Wildman–Crippen LogP) is 3.47. The number of rotatable bonds is 5. The molecule has 0 bridgehead atoms. The summed E-state index contributed by atoms with van der Waals surface area (Å²) < 4.78 is 13.1. The highest BCUT2D eigenvalue weighted by molar-refractivity contribution is 7.84. The lowest BCUT2D eigenvalue weighted by Crippen LogP contribution is -2.15. The van der Waals surface area contributed by atoms with Gasteiger partial charge in [0.05, 0.1) is 11.4 Å². The van der Waals surface area contributed by atoms with E-state index in [2.05, 4.69) is 15.6 Å². The number of carbonyl (C=O) groups excluding carboxylic acids is 1. The summed E-state index contributed by atoms with van der Waals surface area (Å²) >= 11 is 6.04. The lowest BCUT2D eigenvalue weighted by Gasteiger charge is -2.07. The van der Waals surface area contributed by atoms with Crippen LogP contribution in [0.1, 0.15) is 23.1 Å². The molecule has 1 aromatic heterocycles. The average Bonchev–Trinajstić information content (AvgIpc) is 3.06. The molecule has 3 rings (SSSR count). The third-order valence-electron chi connectivity index (χ3n) is 3.81. The van der Waals surface area contributed by atoms with Gasteiger partial charge in [-0.1, -0.05) is 29.8 Å². The van der Waals surface area contributed by atoms with Crippen molar-refractivity contribution in [2.24, 2.45) is 0 Å². The molecule has 1 amide bonds. The van der Waals surface area contributed by atoms with Crippen LogP contribution < -0.4 is 5.32 Å². The number of amides is 1. The molecule has 3 aromatic rings. The zero-order chi connectivity index (χ0) is 18.7. The van der Waals surface area contributed by atoms with E-state index in [1.807, 2.05) is 19.1 Å². The lowest BCUT2D eigenvalue weighted by molar-refractivity contribution is 0.102. The highest BCUT2D eigenvalue weighted by atomic mass is 35.5. The largest absolute Gasteiger partial charge is 0.321 e. The summed E-state index contributed by atoms with van der Waals surface area (Å²) in [6, 6.07) is 14.1. The number of halogens is 1. The minimum absolute atomic E-state index is 0.260. The molecule has 0 radical (unpaired) electrons. The molecule has 8 heteroatoms. The Labute approximate surface area is 158 Å². The molecule has 0 aliphatic rings. The van der Waals surface area contributed by atoms with E-state index in [0.717, 1.165) is 5.69 Å². The lowest BCUT2D eigenvalue weighted by atomic mass is 10.2. The van der Waals surface area contributed by atoms with Crippen LogP contribution in [0.25, 0.3) is 5.69 Å². The molecule has 0 aliphatic carbocycles. The SMILES string of the molecule is CCc1c(C(=O)Nc2ccc([S@@](C)=O)cc2)nnn1-c1cccc(Cl)c1. The molecule has 1 atom stereocenters. The van der Waals surface area contributed by atoms with Crippen molar-refractivity contribution in [3.63, 3.8) is 0 Å². The molecule has 1 heterocycles. The van der Waals surface area contributed by atoms with E-state index >= 15 is 0 Å². The summed E-state index contributed by atoms with van der Waals surface area (Å²) in [5.41, 5.74) is 2.30. The van der Waals surface area contributed by atoms with Gasteiger partial charge in [-0.25, -0.2) is 4.68 Å². The average molecular weight is 389 g/mol. The summed E-state index contributed by atoms with van der Waals surface area (Å²) in [4.78, 5) is 13.3. The van der Waals surface area contributed by atoms with E-state index < -0.39 is 10.8 Å². The van der Waals surface area contributed by atoms with Crippen LogP contribution in [0, 0.1) is 0 Å². The van der Waals surface area contributed by atoms with Crippen molar-refractivity contribution < 1.29 is 9.00 Å². The van der Waals surface area contributed by atoms with Crippen molar-refractivity contribution >= 4 is 34.0 Å². The summed E-state index contributed by atoms with van der Waals surface area (Å²) in [5, 5.41) is 11.5. The first-order valence-corrected chi connectivity index (χ1v) is 9.88. The van der Waals surface area contributed by atoms with Crippen molar-refractivity contribution in [3.05, 3.63) is 64.9 Å². The molecular formula is C18H17ClN4O2S. The van der Waals surface area contributed by atoms with Gasteiger partial charge in [-0.3, -0.25) is 9.00 Å². The number of nitrogens with one attached hydrogen (secondary N) is 1. The van der Waals surface area contributed by atoms with Gasteiger partial charge in [0, 0.05) is 32.7 Å². The molecular weight excluding hydrogens is 372 g/mol. The molecule has 1 N–H and O–H groups in total. The maximum Gasteiger partial charge on any atom is 0.278 e. The predicted molar refractivity (Wildman–Crippen MR) is 102 cm³/mol. The third-order valence-corrected chi connectivity index (χ3v) is 4.98. The monoisotopic (exact) mass is 388 g/mol. The summed E-state index contributed by atoms with van der Waals surface area (Å²) in [5.74, 6) is -0.347. The van der Waals surface area contributed by atoms with Gasteiger partial charge >= 0.3 is 0 Å². The van der Waals surface area contributed by atoms with Gasteiger partial charge in [-0.15, -0.1) is 5.10 Å². The van der Waals surface area contributed by atoms with Crippen LogP contribution in [0.4, 0.5) is 5.69 Å². The Hall–Kier alpha value is -2.51. The smallest absolute Gasteiger partial charge is 0.278 e. The van der Waals surface area contributed by atoms with E-state index in [1.165, 1.54) is 0 Å². The van der Waals surface area contributed by atoms with Gasteiger partial charge in [0.2, 0.25) is 0 Å². The highest BCUT2D eigenvalue weighted by Crippen LogP contribution is 2.19. The van der Waals surface area contributed by atoms with Gasteiger partial charge in [-0.05, 0) is 48.9 Å². The van der Waals surface area contributed by atoms with Crippen LogP contribution in [-0.4, -0.2) is 31.4 Å². The standard InChI is InChI=1S/C18H17ClN4O2S/c1-3-16-17(21-22-23(16)14-6-4-5-12(19)11-14)18(24)20-13-7-9-15(10-8-13)26(2)25/h4-11H,3H2,1-2H3,(H,20,24)/t26-/m1/s1. The number of nitrogens with zero attached hydrogens (tertiary/aromatic N) is 3. The topological polar surface area (TPSA) is 76.9 Å². The van der Waals surface area contributed by atoms with Gasteiger partial charge in [0.25, 0.3) is 5.91 Å². The second-order valence-corrected chi connectivity index (χ2v) is 7.38. The van der Waals surface area contributed by atoms with Gasteiger partial charge in [0.1, 0.15) is 0 Å². The van der Waals surface area contributed by atoms with Crippen LogP contribution in [-0.2, 0) is 17.2 Å². The molecule has 0 saturated carbocycles. The fourth-order valence-electron chi connectivity index (χ4n) is 2.53. The summed E-state index contributed by atoms with van der Waals surface area (Å²) in [7, 11) is -1.06. The number of hydrogen-bond acceptors (Lipinski definition) is 4. The fourth-order valence-corrected chi connectivity index (χ4v) is 3.23. The molecule has 2 aromatic carbocycles. The van der Waals surface area contributed by atoms with E-state index in [1.54, 1.807) is 47.3 Å². The van der Waals surface area contributed by atoms with Crippen LogP contribution >= 0.6 is 11.6 Å². The van der Waals surface area contributed by atoms with Crippen LogP contribution in [0.15, 0.2) is 53.4 Å². The van der Waals surface area contributed by atoms with E-state index in [-0.39, 0.29) is 11.6 Å². The number of benzene rings is 2. The normalized spacial score (nSPS) is 12.0. The Morgan fingerprint density at radius 1 is 1.23 bits per heavy atom. The van der Waals surface area contributed by atoms with Gasteiger partial charge in [0.15, 0.2) is 5.69 Å². The number of aromatic nitrogens is 3. The first kappa shape index (κ1) is 18.3. The summed E-state index contributed by atoms with van der Waals surface area (Å²) in [6.45, 7) is 1.93. The first-order chi connectivity index (χ1) is 12.5. The maximum atomic E-state index is 12.6. The quantitative estimate of drug-likeness (QED) is 0.726. The van der Waals surface area contributed by atoms with Crippen molar-refractivity contribution in [1.82, 2.24) is 15.0 Å². The van der Waals surface area contributed by atoms with Gasteiger partial charge < -0.3 is 5.32 Å². The molecule has 0 unspecified atom stereocenters. The first-order valence-electron chi connectivity index (χ1n) is 7.95. The van der Waals surface area contributed by atoms with E-state index in [0.29, 0.717) is 27.7 Å². The van der Waals surface area contributed by atoms with Gasteiger partial charge in [-0.2, -0.15) is 0 Å². The van der Waals surface area contributed by atoms with Crippen molar-refractivity contribution in [2.75, 3.05) is 11.6 Å². The molecule has 6 nitrogen and oxygen atoms in total. The molecule has 0 spiro atoms. The molecule has 0 fully saturated rings. The molecule has 26 heavy (non-hydrogen) atoms. The minimum Gasteiger partial charge on any atom is -0.321 e.